The van der Waals surface area contributed by atoms with Gasteiger partial charge in [-0.15, -0.1) is 0 Å². The molecule has 1 heterocycles. The number of esters is 1. The monoisotopic (exact) mass is 270 g/mol. The van der Waals surface area contributed by atoms with E-state index in [1.165, 1.54) is 12.8 Å². The van der Waals surface area contributed by atoms with E-state index in [0.29, 0.717) is 23.8 Å². The van der Waals surface area contributed by atoms with E-state index < -0.39 is 0 Å². The van der Waals surface area contributed by atoms with Crippen molar-refractivity contribution in [2.75, 3.05) is 13.2 Å². The van der Waals surface area contributed by atoms with Crippen molar-refractivity contribution >= 4 is 17.6 Å². The zero-order valence-corrected chi connectivity index (χ0v) is 11.1. The van der Waals surface area contributed by atoms with Gasteiger partial charge in [0.05, 0.1) is 5.92 Å². The van der Waals surface area contributed by atoms with Gasteiger partial charge in [-0.2, -0.15) is 0 Å². The van der Waals surface area contributed by atoms with Gasteiger partial charge in [0.2, 0.25) is 0 Å². The second-order valence-electron chi connectivity index (χ2n) is 4.80. The number of nitrogens with one attached hydrogen (secondary N) is 1. The van der Waals surface area contributed by atoms with E-state index in [1.54, 1.807) is 12.2 Å². The predicted octanol–water partition coefficient (Wildman–Crippen LogP) is 1.66. The maximum absolute atomic E-state index is 11.9. The maximum Gasteiger partial charge on any atom is 0.314 e. The molecule has 2 atom stereocenters. The molecule has 0 aromatic rings. The SMILES string of the molecule is NC1=CCC(C(=O)OCC2CCCCN2)C(Cl)=C1. The molecule has 0 aromatic carbocycles. The van der Waals surface area contributed by atoms with Crippen molar-refractivity contribution in [1.82, 2.24) is 5.32 Å². The van der Waals surface area contributed by atoms with Crippen LogP contribution in [0, 0.1) is 5.92 Å². The lowest BCUT2D eigenvalue weighted by molar-refractivity contribution is -0.147. The molecule has 3 N–H and O–H groups in total. The van der Waals surface area contributed by atoms with Gasteiger partial charge in [-0.25, -0.2) is 0 Å². The van der Waals surface area contributed by atoms with E-state index in [4.69, 9.17) is 22.1 Å². The number of nitrogens with two attached hydrogens (primary N) is 1. The topological polar surface area (TPSA) is 64.4 Å². The number of rotatable bonds is 3. The Morgan fingerprint density at radius 2 is 2.39 bits per heavy atom. The quantitative estimate of drug-likeness (QED) is 0.766. The zero-order chi connectivity index (χ0) is 13.0. The Hall–Kier alpha value is -1.00. The van der Waals surface area contributed by atoms with Crippen molar-refractivity contribution in [2.45, 2.75) is 31.7 Å². The molecule has 1 aliphatic heterocycles. The third-order valence-electron chi connectivity index (χ3n) is 3.35. The minimum Gasteiger partial charge on any atom is -0.464 e. The number of piperidine rings is 1. The van der Waals surface area contributed by atoms with Crippen LogP contribution in [0.2, 0.25) is 0 Å². The zero-order valence-electron chi connectivity index (χ0n) is 10.3. The average Bonchev–Trinajstić information content (AvgIpc) is 2.37. The van der Waals surface area contributed by atoms with Crippen molar-refractivity contribution in [2.24, 2.45) is 11.7 Å². The van der Waals surface area contributed by atoms with E-state index in [-0.39, 0.29) is 17.9 Å². The highest BCUT2D eigenvalue weighted by atomic mass is 35.5. The van der Waals surface area contributed by atoms with Gasteiger partial charge in [-0.1, -0.05) is 24.1 Å². The lowest BCUT2D eigenvalue weighted by atomic mass is 9.99. The van der Waals surface area contributed by atoms with Gasteiger partial charge in [0, 0.05) is 16.8 Å². The van der Waals surface area contributed by atoms with Crippen molar-refractivity contribution in [3.8, 4) is 0 Å². The Labute approximate surface area is 112 Å². The fraction of sp³-hybridized carbons (Fsp3) is 0.615. The minimum atomic E-state index is -0.387. The first kappa shape index (κ1) is 13.4. The lowest BCUT2D eigenvalue weighted by Gasteiger charge is -2.24. The molecule has 2 aliphatic rings. The van der Waals surface area contributed by atoms with Crippen molar-refractivity contribution in [3.63, 3.8) is 0 Å². The fourth-order valence-electron chi connectivity index (χ4n) is 2.24. The van der Waals surface area contributed by atoms with E-state index in [9.17, 15) is 4.79 Å². The van der Waals surface area contributed by atoms with Gasteiger partial charge in [-0.3, -0.25) is 4.79 Å². The van der Waals surface area contributed by atoms with Crippen LogP contribution in [-0.4, -0.2) is 25.2 Å². The summed E-state index contributed by atoms with van der Waals surface area (Å²) in [4.78, 5) is 11.9. The summed E-state index contributed by atoms with van der Waals surface area (Å²) < 4.78 is 5.33. The Morgan fingerprint density at radius 3 is 3.06 bits per heavy atom. The first-order chi connectivity index (χ1) is 8.66. The molecule has 1 fully saturated rings. The summed E-state index contributed by atoms with van der Waals surface area (Å²) in [6, 6.07) is 0.287. The van der Waals surface area contributed by atoms with Crippen LogP contribution in [0.25, 0.3) is 0 Å². The van der Waals surface area contributed by atoms with Gasteiger partial charge >= 0.3 is 5.97 Å². The number of hydrogen-bond acceptors (Lipinski definition) is 4. The molecule has 1 aliphatic carbocycles. The third kappa shape index (κ3) is 3.50. The molecule has 0 bridgehead atoms. The maximum atomic E-state index is 11.9. The summed E-state index contributed by atoms with van der Waals surface area (Å²) in [7, 11) is 0. The molecule has 100 valence electrons. The van der Waals surface area contributed by atoms with Crippen LogP contribution in [0.5, 0.6) is 0 Å². The fourth-order valence-corrected chi connectivity index (χ4v) is 2.55. The molecule has 4 nitrogen and oxygen atoms in total. The molecular formula is C13H19ClN2O2. The first-order valence-corrected chi connectivity index (χ1v) is 6.77. The second kappa shape index (κ2) is 6.25. The molecule has 0 radical (unpaired) electrons. The van der Waals surface area contributed by atoms with Crippen LogP contribution in [0.1, 0.15) is 25.7 Å². The Kier molecular flexibility index (Phi) is 4.66. The molecule has 2 unspecified atom stereocenters. The number of carbonyl (C=O) groups excluding carboxylic acids is 1. The highest BCUT2D eigenvalue weighted by Crippen LogP contribution is 2.26. The molecular weight excluding hydrogens is 252 g/mol. The number of allylic oxidation sites excluding steroid dienone is 2. The smallest absolute Gasteiger partial charge is 0.314 e. The lowest BCUT2D eigenvalue weighted by Crippen LogP contribution is -2.38. The average molecular weight is 271 g/mol. The van der Waals surface area contributed by atoms with Crippen molar-refractivity contribution < 1.29 is 9.53 Å². The summed E-state index contributed by atoms with van der Waals surface area (Å²) in [5.74, 6) is -0.644. The van der Waals surface area contributed by atoms with Crippen LogP contribution in [0.3, 0.4) is 0 Å². The molecule has 2 rings (SSSR count). The normalized spacial score (nSPS) is 28.3. The van der Waals surface area contributed by atoms with E-state index >= 15 is 0 Å². The summed E-state index contributed by atoms with van der Waals surface area (Å²) in [5.41, 5.74) is 6.23. The van der Waals surface area contributed by atoms with E-state index in [0.717, 1.165) is 13.0 Å². The van der Waals surface area contributed by atoms with E-state index in [2.05, 4.69) is 5.32 Å². The van der Waals surface area contributed by atoms with Gasteiger partial charge in [0.15, 0.2) is 0 Å². The molecule has 0 saturated carbocycles. The molecule has 1 saturated heterocycles. The highest BCUT2D eigenvalue weighted by molar-refractivity contribution is 6.31. The van der Waals surface area contributed by atoms with Crippen molar-refractivity contribution in [1.29, 1.82) is 0 Å². The Balaban J connectivity index is 1.80. The minimum absolute atomic E-state index is 0.257. The largest absolute Gasteiger partial charge is 0.464 e. The van der Waals surface area contributed by atoms with Crippen LogP contribution >= 0.6 is 11.6 Å². The summed E-state index contributed by atoms with van der Waals surface area (Å²) in [6.45, 7) is 1.43. The standard InChI is InChI=1S/C13H19ClN2O2/c14-12-7-9(15)4-5-11(12)13(17)18-8-10-3-1-2-6-16-10/h4,7,10-11,16H,1-3,5-6,8,15H2. The number of hydrogen-bond donors (Lipinski definition) is 2. The summed E-state index contributed by atoms with van der Waals surface area (Å²) in [6.07, 6.45) is 7.41. The van der Waals surface area contributed by atoms with Gasteiger partial charge in [-0.05, 0) is 31.9 Å². The molecule has 5 heteroatoms. The predicted molar refractivity (Wildman–Crippen MR) is 70.9 cm³/mol. The Morgan fingerprint density at radius 1 is 1.56 bits per heavy atom. The second-order valence-corrected chi connectivity index (χ2v) is 5.23. The number of carbonyl (C=O) groups is 1. The summed E-state index contributed by atoms with van der Waals surface area (Å²) >= 11 is 6.02. The van der Waals surface area contributed by atoms with Gasteiger partial charge in [0.25, 0.3) is 0 Å². The molecule has 0 aromatic heterocycles. The van der Waals surface area contributed by atoms with Gasteiger partial charge < -0.3 is 15.8 Å². The van der Waals surface area contributed by atoms with E-state index in [1.807, 2.05) is 0 Å². The van der Waals surface area contributed by atoms with Gasteiger partial charge in [0.1, 0.15) is 6.61 Å². The number of ether oxygens (including phenoxy) is 1. The molecule has 0 spiro atoms. The summed E-state index contributed by atoms with van der Waals surface area (Å²) in [5, 5.41) is 3.81. The molecule has 0 amide bonds. The van der Waals surface area contributed by atoms with Crippen molar-refractivity contribution in [3.05, 3.63) is 22.9 Å². The highest BCUT2D eigenvalue weighted by Gasteiger charge is 2.26. The van der Waals surface area contributed by atoms with Crippen LogP contribution < -0.4 is 11.1 Å². The molecule has 18 heavy (non-hydrogen) atoms. The number of halogens is 1. The first-order valence-electron chi connectivity index (χ1n) is 6.39. The Bertz CT molecular complexity index is 373. The third-order valence-corrected chi connectivity index (χ3v) is 3.72. The van der Waals surface area contributed by atoms with Crippen LogP contribution in [0.15, 0.2) is 22.9 Å². The van der Waals surface area contributed by atoms with Crippen LogP contribution in [-0.2, 0) is 9.53 Å². The van der Waals surface area contributed by atoms with Crippen LogP contribution in [0.4, 0.5) is 0 Å².